The maximum absolute atomic E-state index is 12.7. The van der Waals surface area contributed by atoms with E-state index in [1.54, 1.807) is 0 Å². The van der Waals surface area contributed by atoms with Crippen LogP contribution in [-0.2, 0) is 19.1 Å². The van der Waals surface area contributed by atoms with Gasteiger partial charge in [-0.2, -0.15) is 18.2 Å². The number of unbranched alkanes of at least 4 members (excludes halogenated alkanes) is 8. The van der Waals surface area contributed by atoms with Crippen LogP contribution in [0.25, 0.3) is 11.5 Å². The SMILES string of the molecule is CCCCCCCCCCCc1noc(-c2ccc(CNc3ccc(C(F)(F)F)cc3)cc2)n1. The molecule has 0 fully saturated rings. The first-order valence-electron chi connectivity index (χ1n) is 12.3. The summed E-state index contributed by atoms with van der Waals surface area (Å²) in [7, 11) is 0. The number of aromatic nitrogens is 2. The van der Waals surface area contributed by atoms with E-state index in [9.17, 15) is 13.2 Å². The van der Waals surface area contributed by atoms with Gasteiger partial charge in [0.25, 0.3) is 5.89 Å². The fourth-order valence-corrected chi connectivity index (χ4v) is 3.81. The minimum absolute atomic E-state index is 0.499. The van der Waals surface area contributed by atoms with Crippen molar-refractivity contribution in [1.82, 2.24) is 10.1 Å². The van der Waals surface area contributed by atoms with Gasteiger partial charge in [0.1, 0.15) is 0 Å². The average Bonchev–Trinajstić information content (AvgIpc) is 3.31. The van der Waals surface area contributed by atoms with Crippen LogP contribution in [0.4, 0.5) is 18.9 Å². The van der Waals surface area contributed by atoms with Crippen LogP contribution >= 0.6 is 0 Å². The molecule has 0 bridgehead atoms. The molecule has 0 spiro atoms. The molecule has 0 aliphatic rings. The molecule has 0 saturated carbocycles. The Morgan fingerprint density at radius 2 is 1.41 bits per heavy atom. The van der Waals surface area contributed by atoms with Crippen molar-refractivity contribution in [2.45, 2.75) is 83.9 Å². The first-order valence-corrected chi connectivity index (χ1v) is 12.3. The maximum Gasteiger partial charge on any atom is 0.416 e. The molecule has 4 nitrogen and oxygen atoms in total. The van der Waals surface area contributed by atoms with Crippen LogP contribution in [-0.4, -0.2) is 10.1 Å². The van der Waals surface area contributed by atoms with E-state index >= 15 is 0 Å². The molecule has 3 aromatic rings. The summed E-state index contributed by atoms with van der Waals surface area (Å²) in [6.45, 7) is 2.74. The molecule has 0 aliphatic carbocycles. The van der Waals surface area contributed by atoms with Crippen LogP contribution in [0.15, 0.2) is 53.1 Å². The molecule has 0 amide bonds. The molecule has 2 aromatic carbocycles. The lowest BCUT2D eigenvalue weighted by molar-refractivity contribution is -0.137. The molecule has 0 aliphatic heterocycles. The Hall–Kier alpha value is -2.83. The van der Waals surface area contributed by atoms with E-state index in [-0.39, 0.29) is 0 Å². The maximum atomic E-state index is 12.7. The Morgan fingerprint density at radius 3 is 2.03 bits per heavy atom. The molecule has 34 heavy (non-hydrogen) atoms. The van der Waals surface area contributed by atoms with E-state index in [0.717, 1.165) is 41.9 Å². The van der Waals surface area contributed by atoms with Gasteiger partial charge in [0, 0.05) is 24.2 Å². The molecule has 1 aromatic heterocycles. The third kappa shape index (κ3) is 8.50. The number of aryl methyl sites for hydroxylation is 1. The van der Waals surface area contributed by atoms with Crippen molar-refractivity contribution in [2.24, 2.45) is 0 Å². The van der Waals surface area contributed by atoms with Crippen molar-refractivity contribution < 1.29 is 17.7 Å². The molecule has 0 saturated heterocycles. The Balaban J connectivity index is 1.38. The fraction of sp³-hybridized carbons (Fsp3) is 0.481. The highest BCUT2D eigenvalue weighted by Crippen LogP contribution is 2.30. The molecule has 7 heteroatoms. The minimum Gasteiger partial charge on any atom is -0.381 e. The quantitative estimate of drug-likeness (QED) is 0.239. The Kier molecular flexibility index (Phi) is 9.98. The smallest absolute Gasteiger partial charge is 0.381 e. The van der Waals surface area contributed by atoms with Gasteiger partial charge in [-0.1, -0.05) is 75.6 Å². The summed E-state index contributed by atoms with van der Waals surface area (Å²) in [6, 6.07) is 12.7. The van der Waals surface area contributed by atoms with Crippen LogP contribution < -0.4 is 5.32 Å². The summed E-state index contributed by atoms with van der Waals surface area (Å²) >= 11 is 0. The second-order valence-electron chi connectivity index (χ2n) is 8.72. The number of hydrogen-bond acceptors (Lipinski definition) is 4. The first kappa shape index (κ1) is 25.8. The molecular formula is C27H34F3N3O. The highest BCUT2D eigenvalue weighted by molar-refractivity contribution is 5.53. The summed E-state index contributed by atoms with van der Waals surface area (Å²) in [5, 5.41) is 7.24. The van der Waals surface area contributed by atoms with Crippen LogP contribution in [0.1, 0.15) is 81.7 Å². The summed E-state index contributed by atoms with van der Waals surface area (Å²) < 4.78 is 43.4. The van der Waals surface area contributed by atoms with E-state index in [0.29, 0.717) is 18.1 Å². The monoisotopic (exact) mass is 473 g/mol. The van der Waals surface area contributed by atoms with E-state index < -0.39 is 11.7 Å². The number of nitrogens with zero attached hydrogens (tertiary/aromatic N) is 2. The summed E-state index contributed by atoms with van der Waals surface area (Å²) in [5.41, 5.74) is 1.83. The van der Waals surface area contributed by atoms with Crippen molar-refractivity contribution >= 4 is 5.69 Å². The third-order valence-electron chi connectivity index (χ3n) is 5.88. The van der Waals surface area contributed by atoms with Gasteiger partial charge in [0.2, 0.25) is 0 Å². The molecule has 0 radical (unpaired) electrons. The van der Waals surface area contributed by atoms with Gasteiger partial charge in [0.05, 0.1) is 5.56 Å². The molecule has 1 N–H and O–H groups in total. The van der Waals surface area contributed by atoms with Crippen molar-refractivity contribution in [2.75, 3.05) is 5.32 Å². The van der Waals surface area contributed by atoms with Crippen LogP contribution in [0.2, 0.25) is 0 Å². The van der Waals surface area contributed by atoms with E-state index in [4.69, 9.17) is 4.52 Å². The van der Waals surface area contributed by atoms with Crippen molar-refractivity contribution in [3.8, 4) is 11.5 Å². The Labute approximate surface area is 200 Å². The third-order valence-corrected chi connectivity index (χ3v) is 5.88. The van der Waals surface area contributed by atoms with E-state index in [1.165, 1.54) is 63.5 Å². The van der Waals surface area contributed by atoms with Gasteiger partial charge in [-0.25, -0.2) is 0 Å². The summed E-state index contributed by atoms with van der Waals surface area (Å²) in [6.07, 6.45) is 8.03. The van der Waals surface area contributed by atoms with Crippen molar-refractivity contribution in [3.05, 3.63) is 65.5 Å². The average molecular weight is 474 g/mol. The topological polar surface area (TPSA) is 51.0 Å². The van der Waals surface area contributed by atoms with Crippen LogP contribution in [0, 0.1) is 0 Å². The lowest BCUT2D eigenvalue weighted by atomic mass is 10.1. The molecular weight excluding hydrogens is 439 g/mol. The second-order valence-corrected chi connectivity index (χ2v) is 8.72. The van der Waals surface area contributed by atoms with Gasteiger partial charge >= 0.3 is 6.18 Å². The predicted molar refractivity (Wildman–Crippen MR) is 129 cm³/mol. The van der Waals surface area contributed by atoms with Gasteiger partial charge in [0.15, 0.2) is 5.82 Å². The highest BCUT2D eigenvalue weighted by atomic mass is 19.4. The highest BCUT2D eigenvalue weighted by Gasteiger charge is 2.29. The Bertz CT molecular complexity index is 966. The minimum atomic E-state index is -4.32. The van der Waals surface area contributed by atoms with Crippen LogP contribution in [0.3, 0.4) is 0 Å². The Morgan fingerprint density at radius 1 is 0.794 bits per heavy atom. The molecule has 1 heterocycles. The van der Waals surface area contributed by atoms with Gasteiger partial charge < -0.3 is 9.84 Å². The lowest BCUT2D eigenvalue weighted by Crippen LogP contribution is -2.05. The van der Waals surface area contributed by atoms with Crippen molar-refractivity contribution in [3.63, 3.8) is 0 Å². The number of benzene rings is 2. The van der Waals surface area contributed by atoms with Gasteiger partial charge in [-0.15, -0.1) is 0 Å². The van der Waals surface area contributed by atoms with Gasteiger partial charge in [-0.3, -0.25) is 0 Å². The molecule has 184 valence electrons. The molecule has 0 unspecified atom stereocenters. The first-order chi connectivity index (χ1) is 16.5. The fourth-order valence-electron chi connectivity index (χ4n) is 3.81. The summed E-state index contributed by atoms with van der Waals surface area (Å²) in [4.78, 5) is 4.51. The zero-order valence-corrected chi connectivity index (χ0v) is 19.8. The molecule has 0 atom stereocenters. The summed E-state index contributed by atoms with van der Waals surface area (Å²) in [5.74, 6) is 1.25. The largest absolute Gasteiger partial charge is 0.416 e. The lowest BCUT2D eigenvalue weighted by Gasteiger charge is -2.09. The zero-order chi connectivity index (χ0) is 24.2. The molecule has 3 rings (SSSR count). The van der Waals surface area contributed by atoms with Gasteiger partial charge in [-0.05, 0) is 48.4 Å². The van der Waals surface area contributed by atoms with E-state index in [1.807, 2.05) is 24.3 Å². The standard InChI is InChI=1S/C27H34F3N3O/c1-2-3-4-5-6-7-8-9-10-11-25-32-26(34-33-25)22-14-12-21(13-15-22)20-31-24-18-16-23(17-19-24)27(28,29)30/h12-19,31H,2-11,20H2,1H3. The van der Waals surface area contributed by atoms with Crippen LogP contribution in [0.5, 0.6) is 0 Å². The number of halogens is 3. The van der Waals surface area contributed by atoms with E-state index in [2.05, 4.69) is 22.4 Å². The van der Waals surface area contributed by atoms with Crippen molar-refractivity contribution in [1.29, 1.82) is 0 Å². The number of hydrogen-bond donors (Lipinski definition) is 1. The second kappa shape index (κ2) is 13.2. The number of anilines is 1. The predicted octanol–water partition coefficient (Wildman–Crippen LogP) is 8.44. The number of rotatable bonds is 14. The number of alkyl halides is 3. The number of nitrogens with one attached hydrogen (secondary N) is 1. The zero-order valence-electron chi connectivity index (χ0n) is 19.8. The normalized spacial score (nSPS) is 11.6.